The maximum Gasteiger partial charge on any atom is 0.405 e. The second kappa shape index (κ2) is 8.88. The summed E-state index contributed by atoms with van der Waals surface area (Å²) in [6, 6.07) is 12.8. The van der Waals surface area contributed by atoms with E-state index in [1.807, 2.05) is 0 Å². The molecule has 0 bridgehead atoms. The van der Waals surface area contributed by atoms with E-state index in [0.717, 1.165) is 5.56 Å². The van der Waals surface area contributed by atoms with E-state index in [-0.39, 0.29) is 11.3 Å². The van der Waals surface area contributed by atoms with Crippen molar-refractivity contribution in [2.24, 2.45) is 0 Å². The number of amides is 2. The van der Waals surface area contributed by atoms with Crippen molar-refractivity contribution >= 4 is 23.6 Å². The topological polar surface area (TPSA) is 67.4 Å². The lowest BCUT2D eigenvalue weighted by atomic mass is 10.1. The van der Waals surface area contributed by atoms with Crippen LogP contribution >= 0.6 is 0 Å². The van der Waals surface area contributed by atoms with Gasteiger partial charge in [-0.1, -0.05) is 24.3 Å². The summed E-state index contributed by atoms with van der Waals surface area (Å²) in [6.07, 6.45) is -1.73. The van der Waals surface area contributed by atoms with E-state index in [1.165, 1.54) is 31.4 Å². The number of anilines is 1. The molecule has 0 heterocycles. The molecule has 0 saturated carbocycles. The van der Waals surface area contributed by atoms with Crippen molar-refractivity contribution in [3.63, 3.8) is 0 Å². The molecule has 0 fully saturated rings. The molecule has 27 heavy (non-hydrogen) atoms. The average molecular weight is 378 g/mol. The van der Waals surface area contributed by atoms with Gasteiger partial charge in [-0.05, 0) is 35.9 Å². The third-order valence-electron chi connectivity index (χ3n) is 3.40. The Labute approximate surface area is 153 Å². The number of nitrogens with one attached hydrogen (secondary N) is 2. The Balaban J connectivity index is 2.07. The third-order valence-corrected chi connectivity index (χ3v) is 3.40. The number of hydrogen-bond acceptors (Lipinski definition) is 3. The van der Waals surface area contributed by atoms with E-state index in [9.17, 15) is 22.8 Å². The number of hydrogen-bond donors (Lipinski definition) is 2. The van der Waals surface area contributed by atoms with Gasteiger partial charge in [0.1, 0.15) is 12.3 Å². The minimum Gasteiger partial charge on any atom is -0.497 e. The highest BCUT2D eigenvalue weighted by Crippen LogP contribution is 2.18. The van der Waals surface area contributed by atoms with Crippen LogP contribution in [0.1, 0.15) is 15.9 Å². The number of carbonyl (C=O) groups excluding carboxylic acids is 2. The maximum absolute atomic E-state index is 12.3. The monoisotopic (exact) mass is 378 g/mol. The zero-order valence-corrected chi connectivity index (χ0v) is 14.3. The Kier molecular flexibility index (Phi) is 6.59. The molecule has 2 rings (SSSR count). The van der Waals surface area contributed by atoms with Gasteiger partial charge in [0.2, 0.25) is 5.91 Å². The Bertz CT molecular complexity index is 848. The predicted molar refractivity (Wildman–Crippen MR) is 95.5 cm³/mol. The first-order valence-corrected chi connectivity index (χ1v) is 7.85. The number of alkyl halides is 3. The predicted octanol–water partition coefficient (Wildman–Crippen LogP) is 3.64. The molecule has 8 heteroatoms. The molecule has 0 atom stereocenters. The SMILES string of the molecule is COc1cccc(/C=C/C(=O)Nc2ccccc2C(=O)NCC(F)(F)F)c1. The summed E-state index contributed by atoms with van der Waals surface area (Å²) >= 11 is 0. The van der Waals surface area contributed by atoms with Gasteiger partial charge < -0.3 is 15.4 Å². The first kappa shape index (κ1) is 20.0. The van der Waals surface area contributed by atoms with Gasteiger partial charge in [-0.2, -0.15) is 13.2 Å². The van der Waals surface area contributed by atoms with Gasteiger partial charge in [0, 0.05) is 6.08 Å². The molecule has 0 saturated heterocycles. The van der Waals surface area contributed by atoms with Crippen molar-refractivity contribution in [1.82, 2.24) is 5.32 Å². The van der Waals surface area contributed by atoms with Crippen LogP contribution in [-0.2, 0) is 4.79 Å². The van der Waals surface area contributed by atoms with Gasteiger partial charge in [-0.3, -0.25) is 9.59 Å². The molecule has 142 valence electrons. The Morgan fingerprint density at radius 2 is 1.85 bits per heavy atom. The zero-order valence-electron chi connectivity index (χ0n) is 14.3. The molecule has 0 aromatic heterocycles. The molecule has 2 aromatic rings. The molecular formula is C19H17F3N2O3. The van der Waals surface area contributed by atoms with Crippen LogP contribution in [0.25, 0.3) is 6.08 Å². The summed E-state index contributed by atoms with van der Waals surface area (Å²) in [7, 11) is 1.52. The highest BCUT2D eigenvalue weighted by Gasteiger charge is 2.28. The number of benzene rings is 2. The fraction of sp³-hybridized carbons (Fsp3) is 0.158. The van der Waals surface area contributed by atoms with Gasteiger partial charge in [-0.15, -0.1) is 0 Å². The average Bonchev–Trinajstić information content (AvgIpc) is 2.64. The van der Waals surface area contributed by atoms with Gasteiger partial charge in [-0.25, -0.2) is 0 Å². The number of rotatable bonds is 6. The van der Waals surface area contributed by atoms with E-state index in [4.69, 9.17) is 4.74 Å². The third kappa shape index (κ3) is 6.50. The van der Waals surface area contributed by atoms with Crippen molar-refractivity contribution < 1.29 is 27.5 Å². The lowest BCUT2D eigenvalue weighted by molar-refractivity contribution is -0.123. The normalized spacial score (nSPS) is 11.3. The molecule has 0 radical (unpaired) electrons. The van der Waals surface area contributed by atoms with Crippen LogP contribution in [0.4, 0.5) is 18.9 Å². The van der Waals surface area contributed by atoms with Crippen molar-refractivity contribution in [2.45, 2.75) is 6.18 Å². The Morgan fingerprint density at radius 1 is 1.11 bits per heavy atom. The van der Waals surface area contributed by atoms with Crippen LogP contribution in [0.2, 0.25) is 0 Å². The first-order chi connectivity index (χ1) is 12.8. The quantitative estimate of drug-likeness (QED) is 0.755. The van der Waals surface area contributed by atoms with Gasteiger partial charge in [0.25, 0.3) is 5.91 Å². The van der Waals surface area contributed by atoms with Crippen LogP contribution in [0.15, 0.2) is 54.6 Å². The standard InChI is InChI=1S/C19H17F3N2O3/c1-27-14-6-4-5-13(11-14)9-10-17(25)24-16-8-3-2-7-15(16)18(26)23-12-19(20,21)22/h2-11H,12H2,1H3,(H,23,26)(H,24,25)/b10-9+. The fourth-order valence-corrected chi connectivity index (χ4v) is 2.16. The molecule has 0 aliphatic rings. The highest BCUT2D eigenvalue weighted by atomic mass is 19.4. The zero-order chi connectivity index (χ0) is 19.9. The Hall–Kier alpha value is -3.29. The molecule has 0 aliphatic carbocycles. The second-order valence-electron chi connectivity index (χ2n) is 5.44. The lowest BCUT2D eigenvalue weighted by Crippen LogP contribution is -2.34. The van der Waals surface area contributed by atoms with Crippen LogP contribution < -0.4 is 15.4 Å². The van der Waals surface area contributed by atoms with Crippen LogP contribution in [0.5, 0.6) is 5.75 Å². The maximum atomic E-state index is 12.3. The number of carbonyl (C=O) groups is 2. The van der Waals surface area contributed by atoms with E-state index < -0.39 is 24.5 Å². The summed E-state index contributed by atoms with van der Waals surface area (Å²) in [5.41, 5.74) is 0.767. The molecule has 2 amide bonds. The molecule has 0 spiro atoms. The van der Waals surface area contributed by atoms with Crippen LogP contribution in [0, 0.1) is 0 Å². The Morgan fingerprint density at radius 3 is 2.56 bits per heavy atom. The molecule has 5 nitrogen and oxygen atoms in total. The number of ether oxygens (including phenoxy) is 1. The first-order valence-electron chi connectivity index (χ1n) is 7.85. The smallest absolute Gasteiger partial charge is 0.405 e. The molecule has 2 aromatic carbocycles. The van der Waals surface area contributed by atoms with Crippen LogP contribution in [-0.4, -0.2) is 31.6 Å². The van der Waals surface area contributed by atoms with Crippen molar-refractivity contribution in [3.05, 3.63) is 65.7 Å². The summed E-state index contributed by atoms with van der Waals surface area (Å²) in [6.45, 7) is -1.45. The second-order valence-corrected chi connectivity index (χ2v) is 5.44. The van der Waals surface area contributed by atoms with Crippen molar-refractivity contribution in [1.29, 1.82) is 0 Å². The summed E-state index contributed by atoms with van der Waals surface area (Å²) in [5.74, 6) is -0.835. The minimum atomic E-state index is -4.52. The lowest BCUT2D eigenvalue weighted by Gasteiger charge is -2.11. The van der Waals surface area contributed by atoms with E-state index in [2.05, 4.69) is 5.32 Å². The summed E-state index contributed by atoms with van der Waals surface area (Å²) < 4.78 is 41.9. The molecule has 0 aliphatic heterocycles. The summed E-state index contributed by atoms with van der Waals surface area (Å²) in [4.78, 5) is 24.0. The molecular weight excluding hydrogens is 361 g/mol. The van der Waals surface area contributed by atoms with E-state index >= 15 is 0 Å². The van der Waals surface area contributed by atoms with Gasteiger partial charge in [0.05, 0.1) is 18.4 Å². The van der Waals surface area contributed by atoms with Crippen molar-refractivity contribution in [2.75, 3.05) is 19.0 Å². The summed E-state index contributed by atoms with van der Waals surface area (Å²) in [5, 5.41) is 4.26. The van der Waals surface area contributed by atoms with Crippen molar-refractivity contribution in [3.8, 4) is 5.75 Å². The van der Waals surface area contributed by atoms with Crippen LogP contribution in [0.3, 0.4) is 0 Å². The minimum absolute atomic E-state index is 0.0649. The highest BCUT2D eigenvalue weighted by molar-refractivity contribution is 6.07. The molecule has 0 unspecified atom stereocenters. The number of halogens is 3. The van der Waals surface area contributed by atoms with Gasteiger partial charge >= 0.3 is 6.18 Å². The largest absolute Gasteiger partial charge is 0.497 e. The number of methoxy groups -OCH3 is 1. The van der Waals surface area contributed by atoms with Gasteiger partial charge in [0.15, 0.2) is 0 Å². The fourth-order valence-electron chi connectivity index (χ4n) is 2.16. The van der Waals surface area contributed by atoms with E-state index in [1.54, 1.807) is 41.7 Å². The number of para-hydroxylation sites is 1. The molecule has 2 N–H and O–H groups in total. The van der Waals surface area contributed by atoms with E-state index in [0.29, 0.717) is 5.75 Å².